The average molecular weight is 388 g/mol. The van der Waals surface area contributed by atoms with Crippen molar-refractivity contribution in [2.45, 2.75) is 13.5 Å². The number of fused-ring (bicyclic) bond motifs is 1. The summed E-state index contributed by atoms with van der Waals surface area (Å²) in [5.41, 5.74) is 1.67. The molecule has 1 aromatic heterocycles. The molecule has 0 saturated carbocycles. The van der Waals surface area contributed by atoms with Crippen molar-refractivity contribution in [1.29, 1.82) is 0 Å². The van der Waals surface area contributed by atoms with Gasteiger partial charge in [-0.3, -0.25) is 4.79 Å². The number of halogens is 1. The fraction of sp³-hybridized carbons (Fsp3) is 0.211. The molecule has 0 N–H and O–H groups in total. The minimum Gasteiger partial charge on any atom is -0.494 e. The van der Waals surface area contributed by atoms with E-state index in [1.54, 1.807) is 18.0 Å². The summed E-state index contributed by atoms with van der Waals surface area (Å²) in [6.45, 7) is 2.99. The van der Waals surface area contributed by atoms with Gasteiger partial charge in [0.15, 0.2) is 5.76 Å². The highest BCUT2D eigenvalue weighted by Crippen LogP contribution is 2.25. The third kappa shape index (κ3) is 3.46. The summed E-state index contributed by atoms with van der Waals surface area (Å²) in [5.74, 6) is 0.973. The van der Waals surface area contributed by atoms with E-state index in [9.17, 15) is 4.79 Å². The Bertz CT molecular complexity index is 872. The number of hydrogen-bond donors (Lipinski definition) is 0. The lowest BCUT2D eigenvalue weighted by atomic mass is 10.2. The molecule has 5 heteroatoms. The Labute approximate surface area is 149 Å². The van der Waals surface area contributed by atoms with Crippen molar-refractivity contribution >= 4 is 32.8 Å². The van der Waals surface area contributed by atoms with E-state index >= 15 is 0 Å². The third-order valence-electron chi connectivity index (χ3n) is 3.72. The van der Waals surface area contributed by atoms with E-state index in [-0.39, 0.29) is 5.91 Å². The lowest BCUT2D eigenvalue weighted by Gasteiger charge is -2.18. The smallest absolute Gasteiger partial charge is 0.289 e. The Morgan fingerprint density at radius 2 is 2.00 bits per heavy atom. The van der Waals surface area contributed by atoms with Crippen LogP contribution in [0.15, 0.2) is 57.4 Å². The van der Waals surface area contributed by atoms with Crippen molar-refractivity contribution in [3.63, 3.8) is 0 Å². The predicted octanol–water partition coefficient (Wildman–Crippen LogP) is 4.87. The Balaban J connectivity index is 1.81. The van der Waals surface area contributed by atoms with Crippen LogP contribution in [0.3, 0.4) is 0 Å². The fourth-order valence-electron chi connectivity index (χ4n) is 2.57. The van der Waals surface area contributed by atoms with Crippen LogP contribution in [0.1, 0.15) is 23.0 Å². The van der Waals surface area contributed by atoms with Crippen molar-refractivity contribution in [3.8, 4) is 5.75 Å². The van der Waals surface area contributed by atoms with E-state index in [1.165, 1.54) is 0 Å². The number of nitrogens with zero attached hydrogens (tertiary/aromatic N) is 1. The monoisotopic (exact) mass is 387 g/mol. The van der Waals surface area contributed by atoms with Gasteiger partial charge in [0.25, 0.3) is 5.91 Å². The molecule has 0 radical (unpaired) electrons. The number of para-hydroxylation sites is 1. The van der Waals surface area contributed by atoms with Crippen LogP contribution >= 0.6 is 15.9 Å². The first-order valence-corrected chi connectivity index (χ1v) is 8.53. The zero-order valence-electron chi connectivity index (χ0n) is 13.6. The normalized spacial score (nSPS) is 10.8. The van der Waals surface area contributed by atoms with Crippen LogP contribution in [-0.4, -0.2) is 24.5 Å². The lowest BCUT2D eigenvalue weighted by Crippen LogP contribution is -2.26. The van der Waals surface area contributed by atoms with Crippen LogP contribution in [-0.2, 0) is 6.54 Å². The molecule has 0 aliphatic heterocycles. The maximum Gasteiger partial charge on any atom is 0.289 e. The molecule has 0 spiro atoms. The molecule has 3 rings (SSSR count). The Hall–Kier alpha value is -2.27. The SMILES string of the molecule is CCOc1ccccc1CN(C)C(=O)c1cc2cc(Br)ccc2o1. The van der Waals surface area contributed by atoms with Crippen molar-refractivity contribution in [2.24, 2.45) is 0 Å². The van der Waals surface area contributed by atoms with E-state index < -0.39 is 0 Å². The summed E-state index contributed by atoms with van der Waals surface area (Å²) in [5, 5.41) is 0.899. The fourth-order valence-corrected chi connectivity index (χ4v) is 2.94. The standard InChI is InChI=1S/C19H18BrNO3/c1-3-23-16-7-5-4-6-13(16)12-21(2)19(22)18-11-14-10-15(20)8-9-17(14)24-18/h4-11H,3,12H2,1-2H3. The van der Waals surface area contributed by atoms with Crippen LogP contribution in [0.2, 0.25) is 0 Å². The zero-order valence-corrected chi connectivity index (χ0v) is 15.2. The van der Waals surface area contributed by atoms with Gasteiger partial charge in [-0.15, -0.1) is 0 Å². The number of ether oxygens (including phenoxy) is 1. The Morgan fingerprint density at radius 1 is 1.21 bits per heavy atom. The van der Waals surface area contributed by atoms with Gasteiger partial charge >= 0.3 is 0 Å². The molecule has 0 saturated heterocycles. The van der Waals surface area contributed by atoms with Crippen LogP contribution in [0, 0.1) is 0 Å². The molecule has 0 aliphatic carbocycles. The maximum atomic E-state index is 12.7. The number of benzene rings is 2. The quantitative estimate of drug-likeness (QED) is 0.627. The minimum atomic E-state index is -0.159. The summed E-state index contributed by atoms with van der Waals surface area (Å²) < 4.78 is 12.2. The molecule has 2 aromatic carbocycles. The first-order chi connectivity index (χ1) is 11.6. The minimum absolute atomic E-state index is 0.159. The van der Waals surface area contributed by atoms with Gasteiger partial charge in [0.05, 0.1) is 6.61 Å². The van der Waals surface area contributed by atoms with Crippen LogP contribution in [0.25, 0.3) is 11.0 Å². The number of furan rings is 1. The van der Waals surface area contributed by atoms with Crippen molar-refractivity contribution < 1.29 is 13.9 Å². The summed E-state index contributed by atoms with van der Waals surface area (Å²) in [4.78, 5) is 14.3. The molecule has 0 atom stereocenters. The number of rotatable bonds is 5. The van der Waals surface area contributed by atoms with Crippen molar-refractivity contribution in [2.75, 3.05) is 13.7 Å². The molecular weight excluding hydrogens is 370 g/mol. The van der Waals surface area contributed by atoms with Gasteiger partial charge in [-0.2, -0.15) is 0 Å². The average Bonchev–Trinajstić information content (AvgIpc) is 2.99. The van der Waals surface area contributed by atoms with Gasteiger partial charge < -0.3 is 14.1 Å². The number of carbonyl (C=O) groups is 1. The van der Waals surface area contributed by atoms with Gasteiger partial charge in [0.1, 0.15) is 11.3 Å². The van der Waals surface area contributed by atoms with Crippen LogP contribution in [0.4, 0.5) is 0 Å². The molecule has 1 heterocycles. The number of amides is 1. The lowest BCUT2D eigenvalue weighted by molar-refractivity contribution is 0.0755. The van der Waals surface area contributed by atoms with Crippen LogP contribution < -0.4 is 4.74 Å². The van der Waals surface area contributed by atoms with E-state index in [1.807, 2.05) is 49.4 Å². The first kappa shape index (κ1) is 16.6. The molecule has 4 nitrogen and oxygen atoms in total. The van der Waals surface area contributed by atoms with Gasteiger partial charge in [0, 0.05) is 29.0 Å². The van der Waals surface area contributed by atoms with E-state index in [0.29, 0.717) is 24.5 Å². The summed E-state index contributed by atoms with van der Waals surface area (Å²) in [6, 6.07) is 15.2. The second-order valence-corrected chi connectivity index (χ2v) is 6.41. The second kappa shape index (κ2) is 7.09. The summed E-state index contributed by atoms with van der Waals surface area (Å²) in [7, 11) is 1.76. The molecule has 1 amide bonds. The van der Waals surface area contributed by atoms with Gasteiger partial charge in [0.2, 0.25) is 0 Å². The first-order valence-electron chi connectivity index (χ1n) is 7.73. The molecule has 0 fully saturated rings. The highest BCUT2D eigenvalue weighted by atomic mass is 79.9. The molecule has 0 bridgehead atoms. The molecule has 24 heavy (non-hydrogen) atoms. The van der Waals surface area contributed by atoms with E-state index in [0.717, 1.165) is 21.2 Å². The molecule has 124 valence electrons. The Kier molecular flexibility index (Phi) is 4.90. The molecule has 0 aliphatic rings. The third-order valence-corrected chi connectivity index (χ3v) is 4.21. The summed E-state index contributed by atoms with van der Waals surface area (Å²) in [6.07, 6.45) is 0. The molecular formula is C19H18BrNO3. The Morgan fingerprint density at radius 3 is 2.79 bits per heavy atom. The number of carbonyl (C=O) groups excluding carboxylic acids is 1. The van der Waals surface area contributed by atoms with E-state index in [4.69, 9.17) is 9.15 Å². The molecule has 0 unspecified atom stereocenters. The highest BCUT2D eigenvalue weighted by molar-refractivity contribution is 9.10. The van der Waals surface area contributed by atoms with Gasteiger partial charge in [-0.25, -0.2) is 0 Å². The second-order valence-electron chi connectivity index (χ2n) is 5.49. The molecule has 3 aromatic rings. The van der Waals surface area contributed by atoms with Crippen molar-refractivity contribution in [3.05, 3.63) is 64.3 Å². The zero-order chi connectivity index (χ0) is 17.1. The van der Waals surface area contributed by atoms with Crippen molar-refractivity contribution in [1.82, 2.24) is 4.90 Å². The highest BCUT2D eigenvalue weighted by Gasteiger charge is 2.18. The predicted molar refractivity (Wildman–Crippen MR) is 97.3 cm³/mol. The van der Waals surface area contributed by atoms with Crippen LogP contribution in [0.5, 0.6) is 5.75 Å². The summed E-state index contributed by atoms with van der Waals surface area (Å²) >= 11 is 3.42. The van der Waals surface area contributed by atoms with Gasteiger partial charge in [-0.05, 0) is 37.3 Å². The topological polar surface area (TPSA) is 42.7 Å². The number of hydrogen-bond acceptors (Lipinski definition) is 3. The van der Waals surface area contributed by atoms with Gasteiger partial charge in [-0.1, -0.05) is 34.1 Å². The maximum absolute atomic E-state index is 12.7. The largest absolute Gasteiger partial charge is 0.494 e. The van der Waals surface area contributed by atoms with E-state index in [2.05, 4.69) is 15.9 Å².